The molecule has 0 saturated carbocycles. The van der Waals surface area contributed by atoms with Gasteiger partial charge in [0.25, 0.3) is 0 Å². The van der Waals surface area contributed by atoms with Crippen molar-refractivity contribution in [2.45, 2.75) is 12.1 Å². The largest absolute Gasteiger partial charge is 0.453 e. The Balaban J connectivity index is 3.16. The van der Waals surface area contributed by atoms with Crippen LogP contribution in [0.1, 0.15) is 11.4 Å². The number of nitrogens with one attached hydrogen (secondary N) is 1. The van der Waals surface area contributed by atoms with E-state index in [0.717, 1.165) is 13.2 Å². The summed E-state index contributed by atoms with van der Waals surface area (Å²) in [6.07, 6.45) is -5.69. The summed E-state index contributed by atoms with van der Waals surface area (Å²) in [6.45, 7) is 0. The van der Waals surface area contributed by atoms with Crippen molar-refractivity contribution in [2.75, 3.05) is 12.4 Å². The van der Waals surface area contributed by atoms with E-state index in [2.05, 4.69) is 9.72 Å². The van der Waals surface area contributed by atoms with E-state index in [4.69, 9.17) is 11.6 Å². The van der Waals surface area contributed by atoms with Gasteiger partial charge in [0, 0.05) is 0 Å². The van der Waals surface area contributed by atoms with Crippen LogP contribution in [0.5, 0.6) is 0 Å². The van der Waals surface area contributed by atoms with Gasteiger partial charge < -0.3 is 4.74 Å². The van der Waals surface area contributed by atoms with Crippen LogP contribution in [0.25, 0.3) is 0 Å². The van der Waals surface area contributed by atoms with Crippen molar-refractivity contribution in [1.29, 1.82) is 0 Å². The first-order chi connectivity index (χ1) is 7.88. The van der Waals surface area contributed by atoms with Gasteiger partial charge in [0.15, 0.2) is 5.69 Å². The van der Waals surface area contributed by atoms with E-state index in [-0.39, 0.29) is 11.6 Å². The third-order valence-electron chi connectivity index (χ3n) is 1.78. The van der Waals surface area contributed by atoms with Crippen LogP contribution in [0.2, 0.25) is 0 Å². The molecule has 1 heterocycles. The number of alkyl halides is 4. The number of hydrogen-bond acceptors (Lipinski definition) is 3. The zero-order valence-electron chi connectivity index (χ0n) is 8.64. The third-order valence-corrected chi connectivity index (χ3v) is 2.05. The molecule has 0 aromatic carbocycles. The summed E-state index contributed by atoms with van der Waals surface area (Å²) in [7, 11) is 1.04. The summed E-state index contributed by atoms with van der Waals surface area (Å²) in [5.41, 5.74) is -1.62. The van der Waals surface area contributed by atoms with Crippen molar-refractivity contribution >= 4 is 23.4 Å². The summed E-state index contributed by atoms with van der Waals surface area (Å²) in [5.74, 6) is -0.151. The summed E-state index contributed by atoms with van der Waals surface area (Å²) in [4.78, 5) is 14.2. The average molecular weight is 269 g/mol. The van der Waals surface area contributed by atoms with Gasteiger partial charge in [-0.15, -0.1) is 11.6 Å². The Morgan fingerprint density at radius 3 is 2.65 bits per heavy atom. The van der Waals surface area contributed by atoms with Crippen molar-refractivity contribution in [3.8, 4) is 0 Å². The van der Waals surface area contributed by atoms with Gasteiger partial charge in [-0.1, -0.05) is 0 Å². The molecule has 0 radical (unpaired) electrons. The summed E-state index contributed by atoms with van der Waals surface area (Å²) in [5, 5.41) is 1.93. The molecular formula is C9H8ClF3N2O2. The van der Waals surface area contributed by atoms with E-state index >= 15 is 0 Å². The molecular weight excluding hydrogens is 261 g/mol. The molecule has 1 aromatic heterocycles. The number of anilines is 1. The van der Waals surface area contributed by atoms with Gasteiger partial charge in [-0.05, 0) is 12.1 Å². The molecule has 1 N–H and O–H groups in total. The molecule has 4 nitrogen and oxygen atoms in total. The monoisotopic (exact) mass is 268 g/mol. The lowest BCUT2D eigenvalue weighted by atomic mass is 10.2. The van der Waals surface area contributed by atoms with Crippen LogP contribution in [0.15, 0.2) is 12.1 Å². The maximum atomic E-state index is 12.6. The molecule has 0 aliphatic rings. The number of pyridine rings is 1. The summed E-state index contributed by atoms with van der Waals surface area (Å²) >= 11 is 5.39. The molecule has 0 bridgehead atoms. The molecule has 1 aromatic rings. The molecule has 1 rings (SSSR count). The molecule has 1 amide bonds. The topological polar surface area (TPSA) is 51.2 Å². The summed E-state index contributed by atoms with van der Waals surface area (Å²) in [6, 6.07) is 2.36. The molecule has 0 fully saturated rings. The molecule has 8 heteroatoms. The van der Waals surface area contributed by atoms with Crippen LogP contribution in [0.4, 0.5) is 23.7 Å². The predicted molar refractivity (Wildman–Crippen MR) is 54.8 cm³/mol. The minimum absolute atomic E-state index is 0.0643. The van der Waals surface area contributed by atoms with Gasteiger partial charge in [-0.25, -0.2) is 9.78 Å². The van der Waals surface area contributed by atoms with Crippen LogP contribution in [0, 0.1) is 0 Å². The normalized spacial score (nSPS) is 11.1. The van der Waals surface area contributed by atoms with Gasteiger partial charge in [0.05, 0.1) is 24.4 Å². The maximum Gasteiger partial charge on any atom is 0.435 e. The van der Waals surface area contributed by atoms with Crippen LogP contribution in [-0.2, 0) is 16.8 Å². The van der Waals surface area contributed by atoms with Gasteiger partial charge in [-0.2, -0.15) is 13.2 Å². The second-order valence-corrected chi connectivity index (χ2v) is 3.21. The molecule has 0 spiro atoms. The summed E-state index contributed by atoms with van der Waals surface area (Å²) < 4.78 is 42.1. The molecule has 0 atom stereocenters. The molecule has 94 valence electrons. The van der Waals surface area contributed by atoms with E-state index < -0.39 is 23.7 Å². The Hall–Kier alpha value is -1.50. The first kappa shape index (κ1) is 13.6. The van der Waals surface area contributed by atoms with Crippen molar-refractivity contribution < 1.29 is 22.7 Å². The van der Waals surface area contributed by atoms with Gasteiger partial charge >= 0.3 is 12.3 Å². The minimum atomic E-state index is -4.68. The Kier molecular flexibility index (Phi) is 4.17. The Morgan fingerprint density at radius 1 is 1.53 bits per heavy atom. The smallest absolute Gasteiger partial charge is 0.435 e. The number of amides is 1. The lowest BCUT2D eigenvalue weighted by Gasteiger charge is -2.12. The standard InChI is InChI=1S/C9H8ClF3N2O2/c1-17-8(16)15-6-3-2-5(4-10)14-7(6)9(11,12)13/h2-3H,4H2,1H3,(H,15,16). The minimum Gasteiger partial charge on any atom is -0.453 e. The van der Waals surface area contributed by atoms with Crippen LogP contribution in [0.3, 0.4) is 0 Å². The van der Waals surface area contributed by atoms with Crippen LogP contribution in [-0.4, -0.2) is 18.2 Å². The van der Waals surface area contributed by atoms with Crippen molar-refractivity contribution in [3.05, 3.63) is 23.5 Å². The highest BCUT2D eigenvalue weighted by molar-refractivity contribution is 6.16. The van der Waals surface area contributed by atoms with E-state index in [1.165, 1.54) is 6.07 Å². The molecule has 17 heavy (non-hydrogen) atoms. The van der Waals surface area contributed by atoms with Gasteiger partial charge in [0.2, 0.25) is 0 Å². The van der Waals surface area contributed by atoms with Crippen molar-refractivity contribution in [2.24, 2.45) is 0 Å². The highest BCUT2D eigenvalue weighted by Gasteiger charge is 2.36. The van der Waals surface area contributed by atoms with Gasteiger partial charge in [0.1, 0.15) is 0 Å². The average Bonchev–Trinajstić information content (AvgIpc) is 2.28. The maximum absolute atomic E-state index is 12.6. The first-order valence-corrected chi connectivity index (χ1v) is 4.90. The fourth-order valence-electron chi connectivity index (χ4n) is 1.05. The Morgan fingerprint density at radius 2 is 2.18 bits per heavy atom. The molecule has 0 aliphatic heterocycles. The van der Waals surface area contributed by atoms with E-state index in [1.807, 2.05) is 5.32 Å². The zero-order valence-corrected chi connectivity index (χ0v) is 9.39. The highest BCUT2D eigenvalue weighted by atomic mass is 35.5. The SMILES string of the molecule is COC(=O)Nc1ccc(CCl)nc1C(F)(F)F. The molecule has 0 unspecified atom stereocenters. The Bertz CT molecular complexity index is 423. The van der Waals surface area contributed by atoms with Crippen LogP contribution < -0.4 is 5.32 Å². The van der Waals surface area contributed by atoms with Crippen molar-refractivity contribution in [1.82, 2.24) is 4.98 Å². The van der Waals surface area contributed by atoms with E-state index in [9.17, 15) is 18.0 Å². The number of carbonyl (C=O) groups is 1. The second-order valence-electron chi connectivity index (χ2n) is 2.95. The fourth-order valence-corrected chi connectivity index (χ4v) is 1.20. The highest BCUT2D eigenvalue weighted by Crippen LogP contribution is 2.33. The lowest BCUT2D eigenvalue weighted by molar-refractivity contribution is -0.140. The first-order valence-electron chi connectivity index (χ1n) is 4.36. The van der Waals surface area contributed by atoms with Crippen LogP contribution >= 0.6 is 11.6 Å². The third kappa shape index (κ3) is 3.48. The van der Waals surface area contributed by atoms with E-state index in [0.29, 0.717) is 0 Å². The van der Waals surface area contributed by atoms with Gasteiger partial charge in [-0.3, -0.25) is 5.32 Å². The number of halogens is 4. The lowest BCUT2D eigenvalue weighted by Crippen LogP contribution is -2.18. The second kappa shape index (κ2) is 5.22. The number of carbonyl (C=O) groups excluding carboxylic acids is 1. The number of aromatic nitrogens is 1. The number of hydrogen-bond donors (Lipinski definition) is 1. The quantitative estimate of drug-likeness (QED) is 0.839. The Labute approximate surface area is 99.7 Å². The van der Waals surface area contributed by atoms with Crippen molar-refractivity contribution in [3.63, 3.8) is 0 Å². The predicted octanol–water partition coefficient (Wildman–Crippen LogP) is 3.02. The van der Waals surface area contributed by atoms with E-state index in [1.54, 1.807) is 0 Å². The number of ether oxygens (including phenoxy) is 1. The number of nitrogens with zero attached hydrogens (tertiary/aromatic N) is 1. The fraction of sp³-hybridized carbons (Fsp3) is 0.333. The molecule has 0 aliphatic carbocycles. The number of rotatable bonds is 2. The zero-order chi connectivity index (χ0) is 13.1. The molecule has 0 saturated heterocycles. The number of methoxy groups -OCH3 is 1.